The first kappa shape index (κ1) is 26.1. The molecular weight excluding hydrogens is 467 g/mol. The number of hydrogen-bond donors (Lipinski definition) is 1. The second-order valence-corrected chi connectivity index (χ2v) is 9.81. The summed E-state index contributed by atoms with van der Waals surface area (Å²) >= 11 is 0. The van der Waals surface area contributed by atoms with Crippen molar-refractivity contribution in [2.75, 3.05) is 45.9 Å². The molecule has 1 unspecified atom stereocenters. The Labute approximate surface area is 211 Å². The van der Waals surface area contributed by atoms with Crippen molar-refractivity contribution in [3.8, 4) is 0 Å². The molecule has 4 atom stereocenters. The molecule has 2 amide bonds. The number of ether oxygens (including phenoxy) is 2. The molecule has 2 aliphatic carbocycles. The van der Waals surface area contributed by atoms with Crippen molar-refractivity contribution in [3.63, 3.8) is 0 Å². The monoisotopic (exact) mass is 500 g/mol. The van der Waals surface area contributed by atoms with Crippen LogP contribution in [0, 0.1) is 17.8 Å². The quantitative estimate of drug-likeness (QED) is 0.319. The molecule has 2 fully saturated rings. The zero-order chi connectivity index (χ0) is 25.7. The topological polar surface area (TPSA) is 136 Å². The lowest BCUT2D eigenvalue weighted by atomic mass is 10.0. The number of nitrogens with one attached hydrogen (secondary N) is 1. The van der Waals surface area contributed by atoms with Crippen LogP contribution in [-0.2, 0) is 43.7 Å². The van der Waals surface area contributed by atoms with E-state index in [0.29, 0.717) is 50.5 Å². The molecule has 3 aliphatic rings. The van der Waals surface area contributed by atoms with E-state index in [1.54, 1.807) is 9.80 Å². The first-order valence-electron chi connectivity index (χ1n) is 12.5. The third kappa shape index (κ3) is 6.42. The molecule has 12 nitrogen and oxygen atoms in total. The van der Waals surface area contributed by atoms with Gasteiger partial charge in [-0.1, -0.05) is 5.21 Å². The van der Waals surface area contributed by atoms with Crippen LogP contribution in [0.4, 0.5) is 4.79 Å². The summed E-state index contributed by atoms with van der Waals surface area (Å²) < 4.78 is 12.2. The summed E-state index contributed by atoms with van der Waals surface area (Å²) in [5, 5.41) is 11.1. The second kappa shape index (κ2) is 11.9. The minimum atomic E-state index is -0.514. The van der Waals surface area contributed by atoms with Crippen molar-refractivity contribution in [2.24, 2.45) is 24.8 Å². The van der Waals surface area contributed by atoms with Gasteiger partial charge in [0.05, 0.1) is 29.7 Å². The third-order valence-electron chi connectivity index (χ3n) is 7.65. The van der Waals surface area contributed by atoms with E-state index < -0.39 is 11.8 Å². The maximum Gasteiger partial charge on any atom is 0.407 e. The van der Waals surface area contributed by atoms with E-state index in [0.717, 1.165) is 31.4 Å². The summed E-state index contributed by atoms with van der Waals surface area (Å²) in [6.45, 7) is 2.17. The number of alkyl carbamates (subject to hydrolysis) is 1. The highest BCUT2D eigenvalue weighted by Gasteiger charge is 2.50. The minimum Gasteiger partial charge on any atom is -0.466 e. The van der Waals surface area contributed by atoms with Crippen molar-refractivity contribution in [3.05, 3.63) is 11.4 Å². The van der Waals surface area contributed by atoms with Crippen molar-refractivity contribution < 1.29 is 28.7 Å². The lowest BCUT2D eigenvalue weighted by molar-refractivity contribution is -0.137. The molecule has 0 aromatic carbocycles. The molecule has 1 aromatic heterocycles. The van der Waals surface area contributed by atoms with Gasteiger partial charge in [-0.15, -0.1) is 5.10 Å². The highest BCUT2D eigenvalue weighted by Crippen LogP contribution is 2.52. The summed E-state index contributed by atoms with van der Waals surface area (Å²) in [5.74, 6) is 1.36. The van der Waals surface area contributed by atoms with Crippen LogP contribution >= 0.6 is 0 Å². The van der Waals surface area contributed by atoms with E-state index in [9.17, 15) is 19.2 Å². The van der Waals surface area contributed by atoms with Crippen LogP contribution in [0.15, 0.2) is 0 Å². The molecule has 13 heteroatoms. The van der Waals surface area contributed by atoms with Crippen LogP contribution in [0.2, 0.25) is 0 Å². The van der Waals surface area contributed by atoms with Crippen molar-refractivity contribution in [1.82, 2.24) is 30.1 Å². The second-order valence-electron chi connectivity index (χ2n) is 9.81. The molecular formula is C23H33BN6O6. The van der Waals surface area contributed by atoms with E-state index in [-0.39, 0.29) is 38.1 Å². The number of aryl methyl sites for hydroxylation is 2. The number of piperazine rings is 1. The zero-order valence-corrected chi connectivity index (χ0v) is 20.6. The number of hydrogen-bond acceptors (Lipinski definition) is 9. The summed E-state index contributed by atoms with van der Waals surface area (Å²) in [5.41, 5.74) is 1.81. The lowest BCUT2D eigenvalue weighted by Gasteiger charge is -2.40. The average Bonchev–Trinajstić information content (AvgIpc) is 3.37. The Bertz CT molecular complexity index is 973. The fourth-order valence-electron chi connectivity index (χ4n) is 5.64. The molecule has 2 heterocycles. The number of nitrogens with zero attached hydrogens (tertiary/aromatic N) is 5. The highest BCUT2D eigenvalue weighted by atomic mass is 16.5. The Morgan fingerprint density at radius 2 is 1.94 bits per heavy atom. The zero-order valence-electron chi connectivity index (χ0n) is 20.6. The van der Waals surface area contributed by atoms with E-state index >= 15 is 0 Å². The van der Waals surface area contributed by atoms with Crippen molar-refractivity contribution >= 4 is 32.0 Å². The Hall–Kier alpha value is -2.96. The van der Waals surface area contributed by atoms with Crippen LogP contribution in [0.25, 0.3) is 0 Å². The van der Waals surface area contributed by atoms with E-state index in [1.165, 1.54) is 5.69 Å². The largest absolute Gasteiger partial charge is 0.466 e. The first-order valence-corrected chi connectivity index (χ1v) is 12.5. The molecule has 1 aliphatic heterocycles. The third-order valence-corrected chi connectivity index (χ3v) is 7.65. The Balaban J connectivity index is 1.14. The van der Waals surface area contributed by atoms with Crippen molar-refractivity contribution in [2.45, 2.75) is 38.1 Å². The van der Waals surface area contributed by atoms with E-state index in [1.807, 2.05) is 11.7 Å². The van der Waals surface area contributed by atoms with Crippen LogP contribution in [-0.4, -0.2) is 109 Å². The van der Waals surface area contributed by atoms with Gasteiger partial charge in [0.25, 0.3) is 6.47 Å². The van der Waals surface area contributed by atoms with Crippen LogP contribution in [0.3, 0.4) is 0 Å². The first-order chi connectivity index (χ1) is 17.4. The van der Waals surface area contributed by atoms with Gasteiger partial charge in [-0.25, -0.2) is 4.79 Å². The highest BCUT2D eigenvalue weighted by molar-refractivity contribution is 6.58. The SMILES string of the molecule is [B]C(=O)CN1CCN(C(=O)CCNC(=O)OC[C@@H]2[C@@H]3CCc4nnn(C)c4CC[C@@H]32)CC1COC=O. The van der Waals surface area contributed by atoms with Crippen LogP contribution in [0.5, 0.6) is 0 Å². The van der Waals surface area contributed by atoms with Crippen LogP contribution in [0.1, 0.15) is 30.7 Å². The number of carbonyl (C=O) groups is 4. The van der Waals surface area contributed by atoms with Gasteiger partial charge < -0.3 is 24.5 Å². The average molecular weight is 500 g/mol. The normalized spacial score (nSPS) is 25.5. The Morgan fingerprint density at radius 3 is 2.69 bits per heavy atom. The Kier molecular flexibility index (Phi) is 8.60. The predicted octanol–water partition coefficient (Wildman–Crippen LogP) is -0.947. The molecule has 1 N–H and O–H groups in total. The van der Waals surface area contributed by atoms with Gasteiger partial charge in [0.15, 0.2) is 7.85 Å². The minimum absolute atomic E-state index is 0.0338. The molecule has 36 heavy (non-hydrogen) atoms. The number of fused-ring (bicyclic) bond motifs is 2. The molecule has 4 rings (SSSR count). The van der Waals surface area contributed by atoms with Crippen molar-refractivity contribution in [1.29, 1.82) is 0 Å². The molecule has 194 valence electrons. The Morgan fingerprint density at radius 1 is 1.17 bits per heavy atom. The lowest BCUT2D eigenvalue weighted by Crippen LogP contribution is -2.57. The molecule has 1 aromatic rings. The number of carbonyl (C=O) groups excluding carboxylic acids is 4. The molecule has 2 radical (unpaired) electrons. The molecule has 0 bridgehead atoms. The standard InChI is InChI=1S/C23H33BN6O6/c1-28-20-5-3-17-16(2-4-19(20)26-27-28)18(17)13-36-23(34)25-7-6-22(33)30-9-8-29(11-21(24)32)15(10-30)12-35-14-31/h14-18H,2-13H2,1H3,(H,25,34)/t15?,16-,17+,18-/m1/s1. The number of rotatable bonds is 10. The van der Waals surface area contributed by atoms with Gasteiger partial charge >= 0.3 is 6.09 Å². The smallest absolute Gasteiger partial charge is 0.407 e. The van der Waals surface area contributed by atoms with E-state index in [2.05, 4.69) is 15.6 Å². The van der Waals surface area contributed by atoms with Crippen LogP contribution < -0.4 is 5.32 Å². The fraction of sp³-hybridized carbons (Fsp3) is 0.739. The van der Waals surface area contributed by atoms with E-state index in [4.69, 9.17) is 17.3 Å². The van der Waals surface area contributed by atoms with Gasteiger partial charge in [-0.3, -0.25) is 19.2 Å². The summed E-state index contributed by atoms with van der Waals surface area (Å²) in [7, 11) is 7.22. The maximum atomic E-state index is 12.6. The van der Waals surface area contributed by atoms with Gasteiger partial charge in [0.1, 0.15) is 6.61 Å². The fourth-order valence-corrected chi connectivity index (χ4v) is 5.64. The molecule has 0 spiro atoms. The summed E-state index contributed by atoms with van der Waals surface area (Å²) in [6.07, 6.45) is 3.55. The number of aromatic nitrogens is 3. The number of amides is 2. The predicted molar refractivity (Wildman–Crippen MR) is 127 cm³/mol. The van der Waals surface area contributed by atoms with Gasteiger partial charge in [0, 0.05) is 46.2 Å². The van der Waals surface area contributed by atoms with Gasteiger partial charge in [-0.05, 0) is 43.4 Å². The summed E-state index contributed by atoms with van der Waals surface area (Å²) in [6, 6.07) is -0.311. The van der Waals surface area contributed by atoms with Gasteiger partial charge in [0.2, 0.25) is 5.91 Å². The summed E-state index contributed by atoms with van der Waals surface area (Å²) in [4.78, 5) is 50.1. The maximum absolute atomic E-state index is 12.6. The molecule has 1 saturated carbocycles. The molecule has 1 saturated heterocycles. The van der Waals surface area contributed by atoms with Gasteiger partial charge in [-0.2, -0.15) is 0 Å².